The fourth-order valence-electron chi connectivity index (χ4n) is 4.08. The molecule has 164 valence electrons. The van der Waals surface area contributed by atoms with E-state index in [0.29, 0.717) is 28.6 Å². The van der Waals surface area contributed by atoms with Crippen molar-refractivity contribution in [2.24, 2.45) is 7.05 Å². The number of hydrogen-bond acceptors (Lipinski definition) is 4. The third-order valence-corrected chi connectivity index (χ3v) is 5.66. The zero-order chi connectivity index (χ0) is 22.8. The minimum absolute atomic E-state index is 0.113. The maximum Gasteiger partial charge on any atom is 0.257 e. The molecule has 1 aromatic carbocycles. The predicted octanol–water partition coefficient (Wildman–Crippen LogP) is 5.20. The van der Waals surface area contributed by atoms with Crippen molar-refractivity contribution >= 4 is 11.6 Å². The van der Waals surface area contributed by atoms with Crippen LogP contribution in [-0.4, -0.2) is 25.2 Å². The molecule has 1 unspecified atom stereocenters. The molecule has 0 fully saturated rings. The molecule has 0 aliphatic rings. The van der Waals surface area contributed by atoms with Crippen LogP contribution >= 0.6 is 0 Å². The van der Waals surface area contributed by atoms with E-state index in [-0.39, 0.29) is 11.9 Å². The summed E-state index contributed by atoms with van der Waals surface area (Å²) < 4.78 is 9.77. The van der Waals surface area contributed by atoms with Crippen molar-refractivity contribution in [3.8, 4) is 11.6 Å². The highest BCUT2D eigenvalue weighted by molar-refractivity contribution is 6.06. The number of carbonyl (C=O) groups is 1. The number of pyridine rings is 1. The van der Waals surface area contributed by atoms with Gasteiger partial charge in [0.2, 0.25) is 5.88 Å². The number of anilines is 1. The van der Waals surface area contributed by atoms with Gasteiger partial charge in [-0.15, -0.1) is 0 Å². The number of hydrogen-bond donors (Lipinski definition) is 1. The van der Waals surface area contributed by atoms with Crippen LogP contribution in [-0.2, 0) is 7.05 Å². The molecule has 3 aromatic heterocycles. The Morgan fingerprint density at radius 3 is 2.53 bits per heavy atom. The van der Waals surface area contributed by atoms with Gasteiger partial charge < -0.3 is 14.6 Å². The third kappa shape index (κ3) is 4.01. The van der Waals surface area contributed by atoms with Gasteiger partial charge in [0.05, 0.1) is 23.5 Å². The zero-order valence-electron chi connectivity index (χ0n) is 19.0. The Balaban J connectivity index is 1.63. The average Bonchev–Trinajstić information content (AvgIpc) is 3.23. The quantitative estimate of drug-likeness (QED) is 0.457. The lowest BCUT2D eigenvalue weighted by Crippen LogP contribution is -2.15. The molecule has 3 heterocycles. The van der Waals surface area contributed by atoms with E-state index in [9.17, 15) is 4.79 Å². The number of nitrogens with zero attached hydrogens (tertiary/aromatic N) is 4. The number of ether oxygens (including phenoxy) is 1. The van der Waals surface area contributed by atoms with Crippen LogP contribution in [0.25, 0.3) is 0 Å². The monoisotopic (exact) mass is 429 g/mol. The van der Waals surface area contributed by atoms with Gasteiger partial charge in [-0.2, -0.15) is 5.10 Å². The summed E-state index contributed by atoms with van der Waals surface area (Å²) in [6, 6.07) is 15.9. The maximum atomic E-state index is 13.3. The highest BCUT2D eigenvalue weighted by Gasteiger charge is 2.23. The van der Waals surface area contributed by atoms with E-state index in [1.807, 2.05) is 45.0 Å². The SMILES string of the molecule is Cc1nn(C)c(Oc2cccnc2)c1NC(=O)c1cc(C)n(C(C)c2ccccc2)c1C. The molecular weight excluding hydrogens is 402 g/mol. The zero-order valence-corrected chi connectivity index (χ0v) is 19.0. The van der Waals surface area contributed by atoms with Crippen molar-refractivity contribution < 1.29 is 9.53 Å². The lowest BCUT2D eigenvalue weighted by atomic mass is 10.1. The van der Waals surface area contributed by atoms with Crippen LogP contribution < -0.4 is 10.1 Å². The second kappa shape index (κ2) is 8.70. The number of carbonyl (C=O) groups excluding carboxylic acids is 1. The second-order valence-corrected chi connectivity index (χ2v) is 7.88. The van der Waals surface area contributed by atoms with Gasteiger partial charge in [-0.25, -0.2) is 4.68 Å². The number of aromatic nitrogens is 4. The summed E-state index contributed by atoms with van der Waals surface area (Å²) in [5, 5.41) is 7.43. The molecule has 4 aromatic rings. The Morgan fingerprint density at radius 1 is 1.09 bits per heavy atom. The van der Waals surface area contributed by atoms with E-state index in [1.165, 1.54) is 5.56 Å². The number of aryl methyl sites for hydroxylation is 3. The molecule has 0 spiro atoms. The van der Waals surface area contributed by atoms with Crippen LogP contribution in [0, 0.1) is 20.8 Å². The van der Waals surface area contributed by atoms with Crippen molar-refractivity contribution in [3.05, 3.63) is 89.1 Å². The van der Waals surface area contributed by atoms with Gasteiger partial charge in [0.15, 0.2) is 0 Å². The van der Waals surface area contributed by atoms with E-state index in [4.69, 9.17) is 4.74 Å². The molecule has 0 saturated heterocycles. The standard InChI is InChI=1S/C25H27N5O2/c1-16-14-22(19(4)30(16)18(3)20-10-7-6-8-11-20)24(31)27-23-17(2)28-29(5)25(23)32-21-12-9-13-26-15-21/h6-15,18H,1-5H3,(H,27,31). The summed E-state index contributed by atoms with van der Waals surface area (Å²) in [4.78, 5) is 17.4. The molecule has 0 radical (unpaired) electrons. The van der Waals surface area contributed by atoms with Crippen LogP contribution in [0.3, 0.4) is 0 Å². The summed E-state index contributed by atoms with van der Waals surface area (Å²) >= 11 is 0. The van der Waals surface area contributed by atoms with Crippen molar-refractivity contribution in [1.29, 1.82) is 0 Å². The van der Waals surface area contributed by atoms with Crippen LogP contribution in [0.15, 0.2) is 60.9 Å². The molecule has 0 aliphatic heterocycles. The second-order valence-electron chi connectivity index (χ2n) is 7.88. The van der Waals surface area contributed by atoms with Gasteiger partial charge in [0.1, 0.15) is 11.4 Å². The minimum Gasteiger partial charge on any atom is -0.436 e. The van der Waals surface area contributed by atoms with E-state index < -0.39 is 0 Å². The first-order valence-electron chi connectivity index (χ1n) is 10.5. The van der Waals surface area contributed by atoms with Crippen molar-refractivity contribution in [2.75, 3.05) is 5.32 Å². The van der Waals surface area contributed by atoms with E-state index in [2.05, 4.69) is 39.0 Å². The Kier molecular flexibility index (Phi) is 5.81. The summed E-state index contributed by atoms with van der Waals surface area (Å²) in [6.07, 6.45) is 3.29. The average molecular weight is 430 g/mol. The minimum atomic E-state index is -0.197. The first kappa shape index (κ1) is 21.4. The summed E-state index contributed by atoms with van der Waals surface area (Å²) in [6.45, 7) is 7.98. The third-order valence-electron chi connectivity index (χ3n) is 5.66. The summed E-state index contributed by atoms with van der Waals surface area (Å²) in [5.74, 6) is 0.827. The first-order valence-corrected chi connectivity index (χ1v) is 10.5. The highest BCUT2D eigenvalue weighted by Crippen LogP contribution is 2.33. The molecule has 32 heavy (non-hydrogen) atoms. The normalized spacial score (nSPS) is 11.9. The Labute approximate surface area is 187 Å². The molecule has 0 saturated carbocycles. The maximum absolute atomic E-state index is 13.3. The fourth-order valence-corrected chi connectivity index (χ4v) is 4.08. The first-order chi connectivity index (χ1) is 15.4. The largest absolute Gasteiger partial charge is 0.436 e. The van der Waals surface area contributed by atoms with E-state index in [0.717, 1.165) is 11.4 Å². The fraction of sp³-hybridized carbons (Fsp3) is 0.240. The van der Waals surface area contributed by atoms with E-state index in [1.54, 1.807) is 36.3 Å². The van der Waals surface area contributed by atoms with Gasteiger partial charge >= 0.3 is 0 Å². The Bertz CT molecular complexity index is 1240. The Hall–Kier alpha value is -3.87. The van der Waals surface area contributed by atoms with Crippen LogP contribution in [0.4, 0.5) is 5.69 Å². The molecule has 7 nitrogen and oxygen atoms in total. The van der Waals surface area contributed by atoms with Gasteiger partial charge in [-0.1, -0.05) is 30.3 Å². The number of nitrogens with one attached hydrogen (secondary N) is 1. The molecular formula is C25H27N5O2. The number of rotatable bonds is 6. The van der Waals surface area contributed by atoms with Crippen LogP contribution in [0.5, 0.6) is 11.6 Å². The number of benzene rings is 1. The molecule has 1 N–H and O–H groups in total. The molecule has 0 bridgehead atoms. The van der Waals surface area contributed by atoms with Crippen molar-refractivity contribution in [2.45, 2.75) is 33.7 Å². The lowest BCUT2D eigenvalue weighted by Gasteiger charge is -2.19. The van der Waals surface area contributed by atoms with Crippen LogP contribution in [0.2, 0.25) is 0 Å². The Morgan fingerprint density at radius 2 is 1.84 bits per heavy atom. The molecule has 7 heteroatoms. The topological polar surface area (TPSA) is 74.0 Å². The molecule has 0 aliphatic carbocycles. The van der Waals surface area contributed by atoms with Crippen LogP contribution in [0.1, 0.15) is 46.0 Å². The summed E-state index contributed by atoms with van der Waals surface area (Å²) in [7, 11) is 1.78. The van der Waals surface area contributed by atoms with Gasteiger partial charge in [0, 0.05) is 24.6 Å². The van der Waals surface area contributed by atoms with Crippen molar-refractivity contribution in [3.63, 3.8) is 0 Å². The predicted molar refractivity (Wildman–Crippen MR) is 124 cm³/mol. The van der Waals surface area contributed by atoms with E-state index >= 15 is 0 Å². The molecule has 1 atom stereocenters. The smallest absolute Gasteiger partial charge is 0.257 e. The molecule has 1 amide bonds. The van der Waals surface area contributed by atoms with Crippen molar-refractivity contribution in [1.82, 2.24) is 19.3 Å². The lowest BCUT2D eigenvalue weighted by molar-refractivity contribution is 0.102. The molecule has 4 rings (SSSR count). The van der Waals surface area contributed by atoms with Gasteiger partial charge in [-0.3, -0.25) is 9.78 Å². The highest BCUT2D eigenvalue weighted by atomic mass is 16.5. The number of amides is 1. The van der Waals surface area contributed by atoms with Gasteiger partial charge in [-0.05, 0) is 51.5 Å². The van der Waals surface area contributed by atoms with Gasteiger partial charge in [0.25, 0.3) is 5.91 Å². The summed E-state index contributed by atoms with van der Waals surface area (Å²) in [5.41, 5.74) is 4.97.